The van der Waals surface area contributed by atoms with Crippen molar-refractivity contribution in [3.05, 3.63) is 29.8 Å². The molecule has 2 heterocycles. The average Bonchev–Trinajstić information content (AvgIpc) is 2.48. The zero-order chi connectivity index (χ0) is 10.1. The Bertz CT molecular complexity index is 353. The Morgan fingerprint density at radius 1 is 1.20 bits per heavy atom. The van der Waals surface area contributed by atoms with E-state index in [0.717, 1.165) is 31.9 Å². The van der Waals surface area contributed by atoms with Gasteiger partial charge in [0, 0.05) is 18.2 Å². The van der Waals surface area contributed by atoms with Crippen molar-refractivity contribution in [2.24, 2.45) is 0 Å². The molecule has 2 aliphatic heterocycles. The predicted octanol–water partition coefficient (Wildman–Crippen LogP) is 1.50. The van der Waals surface area contributed by atoms with Crippen LogP contribution in [0, 0.1) is 0 Å². The average molecular weight is 205 g/mol. The fourth-order valence-corrected chi connectivity index (χ4v) is 2.36. The summed E-state index contributed by atoms with van der Waals surface area (Å²) < 4.78 is 11.6. The molecule has 0 spiro atoms. The summed E-state index contributed by atoms with van der Waals surface area (Å²) in [5.74, 6) is 0.980. The van der Waals surface area contributed by atoms with Gasteiger partial charge in [-0.25, -0.2) is 0 Å². The SMILES string of the molecule is c1ccc2c(c1)OCC[C@H]1NCCO[C@@H]21. The Morgan fingerprint density at radius 2 is 2.13 bits per heavy atom. The molecular weight excluding hydrogens is 190 g/mol. The molecule has 1 N–H and O–H groups in total. The first-order valence-electron chi connectivity index (χ1n) is 5.52. The van der Waals surface area contributed by atoms with E-state index >= 15 is 0 Å². The second kappa shape index (κ2) is 3.83. The Morgan fingerprint density at radius 3 is 3.13 bits per heavy atom. The molecule has 1 fully saturated rings. The zero-order valence-electron chi connectivity index (χ0n) is 8.61. The molecule has 0 unspecified atom stereocenters. The highest BCUT2D eigenvalue weighted by atomic mass is 16.5. The molecule has 2 atom stereocenters. The number of hydrogen-bond acceptors (Lipinski definition) is 3. The topological polar surface area (TPSA) is 30.5 Å². The van der Waals surface area contributed by atoms with Crippen LogP contribution in [-0.4, -0.2) is 25.8 Å². The minimum Gasteiger partial charge on any atom is -0.493 e. The highest BCUT2D eigenvalue weighted by Crippen LogP contribution is 2.34. The zero-order valence-corrected chi connectivity index (χ0v) is 8.61. The normalized spacial score (nSPS) is 29.6. The van der Waals surface area contributed by atoms with Crippen molar-refractivity contribution in [3.63, 3.8) is 0 Å². The number of rotatable bonds is 0. The van der Waals surface area contributed by atoms with E-state index in [-0.39, 0.29) is 6.10 Å². The molecule has 3 rings (SSSR count). The largest absolute Gasteiger partial charge is 0.493 e. The van der Waals surface area contributed by atoms with Crippen molar-refractivity contribution in [2.45, 2.75) is 18.6 Å². The molecule has 3 heteroatoms. The third-order valence-electron chi connectivity index (χ3n) is 3.08. The molecule has 3 nitrogen and oxygen atoms in total. The van der Waals surface area contributed by atoms with E-state index in [4.69, 9.17) is 9.47 Å². The number of benzene rings is 1. The van der Waals surface area contributed by atoms with E-state index in [9.17, 15) is 0 Å². The van der Waals surface area contributed by atoms with Crippen LogP contribution in [0.15, 0.2) is 24.3 Å². The van der Waals surface area contributed by atoms with Crippen LogP contribution >= 0.6 is 0 Å². The van der Waals surface area contributed by atoms with Crippen LogP contribution in [0.3, 0.4) is 0 Å². The Labute approximate surface area is 89.4 Å². The third kappa shape index (κ3) is 1.62. The minimum atomic E-state index is 0.164. The summed E-state index contributed by atoms with van der Waals surface area (Å²) >= 11 is 0. The first kappa shape index (κ1) is 9.19. The van der Waals surface area contributed by atoms with Gasteiger partial charge in [0.15, 0.2) is 0 Å². The van der Waals surface area contributed by atoms with Crippen LogP contribution < -0.4 is 10.1 Å². The van der Waals surface area contributed by atoms with E-state index in [0.29, 0.717) is 6.04 Å². The molecule has 2 aliphatic rings. The maximum Gasteiger partial charge on any atom is 0.125 e. The maximum atomic E-state index is 5.85. The van der Waals surface area contributed by atoms with Crippen molar-refractivity contribution >= 4 is 0 Å². The van der Waals surface area contributed by atoms with Crippen molar-refractivity contribution < 1.29 is 9.47 Å². The highest BCUT2D eigenvalue weighted by Gasteiger charge is 2.31. The summed E-state index contributed by atoms with van der Waals surface area (Å²) in [6.45, 7) is 2.51. The van der Waals surface area contributed by atoms with Crippen LogP contribution in [0.2, 0.25) is 0 Å². The van der Waals surface area contributed by atoms with Gasteiger partial charge >= 0.3 is 0 Å². The van der Waals surface area contributed by atoms with Crippen LogP contribution in [-0.2, 0) is 4.74 Å². The second-order valence-corrected chi connectivity index (χ2v) is 4.03. The summed E-state index contributed by atoms with van der Waals surface area (Å²) in [6, 6.07) is 8.58. The summed E-state index contributed by atoms with van der Waals surface area (Å²) in [6.07, 6.45) is 1.18. The Kier molecular flexibility index (Phi) is 2.35. The molecule has 0 radical (unpaired) electrons. The number of morpholine rings is 1. The van der Waals surface area contributed by atoms with E-state index in [2.05, 4.69) is 11.4 Å². The van der Waals surface area contributed by atoms with Crippen LogP contribution in [0.1, 0.15) is 18.1 Å². The van der Waals surface area contributed by atoms with Gasteiger partial charge in [0.05, 0.1) is 13.2 Å². The lowest BCUT2D eigenvalue weighted by Crippen LogP contribution is -2.43. The number of para-hydroxylation sites is 1. The lowest BCUT2D eigenvalue weighted by molar-refractivity contribution is -0.00584. The van der Waals surface area contributed by atoms with Gasteiger partial charge in [-0.05, 0) is 12.5 Å². The van der Waals surface area contributed by atoms with Crippen molar-refractivity contribution in [2.75, 3.05) is 19.8 Å². The van der Waals surface area contributed by atoms with Gasteiger partial charge in [0.1, 0.15) is 11.9 Å². The van der Waals surface area contributed by atoms with Crippen molar-refractivity contribution in [1.82, 2.24) is 5.32 Å². The molecule has 80 valence electrons. The third-order valence-corrected chi connectivity index (χ3v) is 3.08. The summed E-state index contributed by atoms with van der Waals surface area (Å²) in [7, 11) is 0. The number of hydrogen-bond donors (Lipinski definition) is 1. The van der Waals surface area contributed by atoms with E-state index in [1.807, 2.05) is 18.2 Å². The smallest absolute Gasteiger partial charge is 0.125 e. The van der Waals surface area contributed by atoms with E-state index in [1.54, 1.807) is 0 Å². The molecule has 0 saturated carbocycles. The van der Waals surface area contributed by atoms with Crippen molar-refractivity contribution in [1.29, 1.82) is 0 Å². The molecule has 0 aliphatic carbocycles. The van der Waals surface area contributed by atoms with Crippen LogP contribution in [0.5, 0.6) is 5.75 Å². The van der Waals surface area contributed by atoms with Gasteiger partial charge in [0.2, 0.25) is 0 Å². The summed E-state index contributed by atoms with van der Waals surface area (Å²) in [5, 5.41) is 3.50. The lowest BCUT2D eigenvalue weighted by atomic mass is 9.99. The lowest BCUT2D eigenvalue weighted by Gasteiger charge is -2.31. The van der Waals surface area contributed by atoms with Gasteiger partial charge in [0.25, 0.3) is 0 Å². The van der Waals surface area contributed by atoms with E-state index in [1.165, 1.54) is 5.56 Å². The molecule has 0 aromatic heterocycles. The molecule has 1 saturated heterocycles. The van der Waals surface area contributed by atoms with Crippen LogP contribution in [0.4, 0.5) is 0 Å². The standard InChI is InChI=1S/C12H15NO2/c1-2-4-11-9(3-1)12-10(5-7-14-11)13-6-8-15-12/h1-4,10,12-13H,5-8H2/t10-,12+/m1/s1. The molecule has 0 amide bonds. The predicted molar refractivity (Wildman–Crippen MR) is 57.0 cm³/mol. The Hall–Kier alpha value is -1.06. The maximum absolute atomic E-state index is 5.85. The molecule has 15 heavy (non-hydrogen) atoms. The molecule has 1 aromatic carbocycles. The van der Waals surface area contributed by atoms with Gasteiger partial charge in [-0.3, -0.25) is 0 Å². The summed E-state index contributed by atoms with van der Waals surface area (Å²) in [5.41, 5.74) is 1.19. The van der Waals surface area contributed by atoms with Crippen LogP contribution in [0.25, 0.3) is 0 Å². The number of ether oxygens (including phenoxy) is 2. The van der Waals surface area contributed by atoms with E-state index < -0.39 is 0 Å². The quantitative estimate of drug-likeness (QED) is 0.696. The molecule has 0 bridgehead atoms. The van der Waals surface area contributed by atoms with Gasteiger partial charge < -0.3 is 14.8 Å². The monoisotopic (exact) mass is 205 g/mol. The summed E-state index contributed by atoms with van der Waals surface area (Å²) in [4.78, 5) is 0. The van der Waals surface area contributed by atoms with Crippen molar-refractivity contribution in [3.8, 4) is 5.75 Å². The van der Waals surface area contributed by atoms with Gasteiger partial charge in [-0.15, -0.1) is 0 Å². The first-order valence-corrected chi connectivity index (χ1v) is 5.52. The minimum absolute atomic E-state index is 0.164. The second-order valence-electron chi connectivity index (χ2n) is 4.03. The van der Waals surface area contributed by atoms with Gasteiger partial charge in [-0.2, -0.15) is 0 Å². The molecular formula is C12H15NO2. The van der Waals surface area contributed by atoms with Gasteiger partial charge in [-0.1, -0.05) is 18.2 Å². The Balaban J connectivity index is 1.99. The number of nitrogens with one attached hydrogen (secondary N) is 1. The fourth-order valence-electron chi connectivity index (χ4n) is 2.36. The first-order chi connectivity index (χ1) is 7.45. The number of fused-ring (bicyclic) bond motifs is 3. The molecule has 1 aromatic rings. The highest BCUT2D eigenvalue weighted by molar-refractivity contribution is 5.37. The fraction of sp³-hybridized carbons (Fsp3) is 0.500.